The largest absolute Gasteiger partial charge is 0.491 e. The van der Waals surface area contributed by atoms with Crippen LogP contribution in [0.2, 0.25) is 0 Å². The van der Waals surface area contributed by atoms with E-state index in [0.29, 0.717) is 13.2 Å². The SMILES string of the molecule is CCCCOCCOc1c(C)cccc1CBr. The van der Waals surface area contributed by atoms with E-state index in [0.717, 1.165) is 24.1 Å². The van der Waals surface area contributed by atoms with E-state index < -0.39 is 0 Å². The molecule has 0 radical (unpaired) electrons. The number of unbranched alkanes of at least 4 members (excludes halogenated alkanes) is 1. The van der Waals surface area contributed by atoms with Crippen molar-refractivity contribution in [1.29, 1.82) is 0 Å². The van der Waals surface area contributed by atoms with Crippen molar-refractivity contribution < 1.29 is 9.47 Å². The van der Waals surface area contributed by atoms with Crippen LogP contribution in [0.15, 0.2) is 18.2 Å². The highest BCUT2D eigenvalue weighted by Crippen LogP contribution is 2.25. The fourth-order valence-electron chi connectivity index (χ4n) is 1.58. The number of aryl methyl sites for hydroxylation is 1. The first-order valence-corrected chi connectivity index (χ1v) is 7.26. The highest BCUT2D eigenvalue weighted by Gasteiger charge is 2.05. The molecule has 0 aliphatic heterocycles. The molecule has 0 atom stereocenters. The van der Waals surface area contributed by atoms with Gasteiger partial charge in [0, 0.05) is 17.5 Å². The Hall–Kier alpha value is -0.540. The van der Waals surface area contributed by atoms with Crippen LogP contribution < -0.4 is 4.74 Å². The van der Waals surface area contributed by atoms with Gasteiger partial charge < -0.3 is 9.47 Å². The van der Waals surface area contributed by atoms with E-state index in [2.05, 4.69) is 48.0 Å². The fourth-order valence-corrected chi connectivity index (χ4v) is 2.02. The maximum atomic E-state index is 5.78. The molecule has 0 aromatic heterocycles. The van der Waals surface area contributed by atoms with Gasteiger partial charge in [-0.2, -0.15) is 0 Å². The van der Waals surface area contributed by atoms with Crippen molar-refractivity contribution in [2.24, 2.45) is 0 Å². The molecule has 0 heterocycles. The molecule has 0 bridgehead atoms. The molecule has 0 amide bonds. The first-order chi connectivity index (χ1) is 8.29. The van der Waals surface area contributed by atoms with Gasteiger partial charge in [-0.25, -0.2) is 0 Å². The lowest BCUT2D eigenvalue weighted by Crippen LogP contribution is -2.09. The van der Waals surface area contributed by atoms with Crippen LogP contribution in [-0.2, 0) is 10.1 Å². The predicted octanol–water partition coefficient (Wildman–Crippen LogP) is 4.09. The smallest absolute Gasteiger partial charge is 0.126 e. The van der Waals surface area contributed by atoms with Crippen LogP contribution in [0.3, 0.4) is 0 Å². The normalized spacial score (nSPS) is 10.5. The number of benzene rings is 1. The Labute approximate surface area is 112 Å². The van der Waals surface area contributed by atoms with Gasteiger partial charge in [0.05, 0.1) is 6.61 Å². The number of para-hydroxylation sites is 1. The third kappa shape index (κ3) is 5.09. The van der Waals surface area contributed by atoms with E-state index in [-0.39, 0.29) is 0 Å². The minimum Gasteiger partial charge on any atom is -0.491 e. The zero-order valence-electron chi connectivity index (χ0n) is 10.7. The molecule has 17 heavy (non-hydrogen) atoms. The van der Waals surface area contributed by atoms with E-state index in [1.165, 1.54) is 17.5 Å². The summed E-state index contributed by atoms with van der Waals surface area (Å²) in [7, 11) is 0. The van der Waals surface area contributed by atoms with Crippen LogP contribution in [-0.4, -0.2) is 19.8 Å². The zero-order valence-corrected chi connectivity index (χ0v) is 12.3. The van der Waals surface area contributed by atoms with Gasteiger partial charge in [-0.3, -0.25) is 0 Å². The van der Waals surface area contributed by atoms with Crippen LogP contribution in [0.4, 0.5) is 0 Å². The van der Waals surface area contributed by atoms with Gasteiger partial charge in [0.1, 0.15) is 12.4 Å². The van der Waals surface area contributed by atoms with E-state index in [9.17, 15) is 0 Å². The van der Waals surface area contributed by atoms with Gasteiger partial charge in [0.15, 0.2) is 0 Å². The number of ether oxygens (including phenoxy) is 2. The highest BCUT2D eigenvalue weighted by molar-refractivity contribution is 9.08. The molecule has 1 rings (SSSR count). The summed E-state index contributed by atoms with van der Waals surface area (Å²) < 4.78 is 11.3. The highest BCUT2D eigenvalue weighted by atomic mass is 79.9. The van der Waals surface area contributed by atoms with Crippen LogP contribution in [0.25, 0.3) is 0 Å². The molecule has 1 aromatic rings. The third-order valence-corrected chi connectivity index (χ3v) is 3.16. The summed E-state index contributed by atoms with van der Waals surface area (Å²) in [5.74, 6) is 0.989. The molecule has 0 unspecified atom stereocenters. The second-order valence-corrected chi connectivity index (χ2v) is 4.57. The molecule has 0 aliphatic rings. The quantitative estimate of drug-likeness (QED) is 0.532. The average molecular weight is 301 g/mol. The Morgan fingerprint density at radius 2 is 2.00 bits per heavy atom. The lowest BCUT2D eigenvalue weighted by molar-refractivity contribution is 0.0976. The summed E-state index contributed by atoms with van der Waals surface area (Å²) in [4.78, 5) is 0. The zero-order chi connectivity index (χ0) is 12.5. The maximum absolute atomic E-state index is 5.78. The molecule has 0 saturated carbocycles. The average Bonchev–Trinajstić information content (AvgIpc) is 2.35. The molecule has 0 saturated heterocycles. The van der Waals surface area contributed by atoms with Crippen molar-refractivity contribution in [2.75, 3.05) is 19.8 Å². The molecule has 1 aromatic carbocycles. The van der Waals surface area contributed by atoms with Crippen molar-refractivity contribution in [3.8, 4) is 5.75 Å². The topological polar surface area (TPSA) is 18.5 Å². The molecule has 0 fully saturated rings. The van der Waals surface area contributed by atoms with E-state index in [1.807, 2.05) is 0 Å². The standard InChI is InChI=1S/C14H21BrO2/c1-3-4-8-16-9-10-17-14-12(2)6-5-7-13(14)11-15/h5-7H,3-4,8-11H2,1-2H3. The van der Waals surface area contributed by atoms with Crippen LogP contribution in [0.5, 0.6) is 5.75 Å². The Balaban J connectivity index is 2.35. The van der Waals surface area contributed by atoms with Crippen LogP contribution >= 0.6 is 15.9 Å². The van der Waals surface area contributed by atoms with Gasteiger partial charge in [-0.05, 0) is 18.9 Å². The van der Waals surface area contributed by atoms with Crippen molar-refractivity contribution in [1.82, 2.24) is 0 Å². The van der Waals surface area contributed by atoms with E-state index >= 15 is 0 Å². The molecule has 96 valence electrons. The molecule has 2 nitrogen and oxygen atoms in total. The van der Waals surface area contributed by atoms with Crippen molar-refractivity contribution in [3.63, 3.8) is 0 Å². The monoisotopic (exact) mass is 300 g/mol. The van der Waals surface area contributed by atoms with E-state index in [4.69, 9.17) is 9.47 Å². The Morgan fingerprint density at radius 1 is 1.18 bits per heavy atom. The summed E-state index contributed by atoms with van der Waals surface area (Å²) in [6, 6.07) is 6.20. The van der Waals surface area contributed by atoms with E-state index in [1.54, 1.807) is 0 Å². The van der Waals surface area contributed by atoms with Crippen LogP contribution in [0, 0.1) is 6.92 Å². The summed E-state index contributed by atoms with van der Waals surface area (Å²) in [6.07, 6.45) is 2.30. The first-order valence-electron chi connectivity index (χ1n) is 6.14. The minimum atomic E-state index is 0.620. The third-order valence-electron chi connectivity index (χ3n) is 2.55. The molecule has 0 N–H and O–H groups in total. The van der Waals surface area contributed by atoms with Gasteiger partial charge in [-0.15, -0.1) is 0 Å². The van der Waals surface area contributed by atoms with Gasteiger partial charge in [-0.1, -0.05) is 47.5 Å². The number of hydrogen-bond donors (Lipinski definition) is 0. The number of alkyl halides is 1. The number of halogens is 1. The molecular formula is C14H21BrO2. The Bertz CT molecular complexity index is 326. The van der Waals surface area contributed by atoms with Gasteiger partial charge >= 0.3 is 0 Å². The first kappa shape index (κ1) is 14.5. The van der Waals surface area contributed by atoms with Crippen LogP contribution in [0.1, 0.15) is 30.9 Å². The lowest BCUT2D eigenvalue weighted by Gasteiger charge is -2.12. The molecule has 0 spiro atoms. The minimum absolute atomic E-state index is 0.620. The van der Waals surface area contributed by atoms with Crippen molar-refractivity contribution in [2.45, 2.75) is 32.0 Å². The summed E-state index contributed by atoms with van der Waals surface area (Å²) in [6.45, 7) is 6.35. The molecular weight excluding hydrogens is 280 g/mol. The molecule has 0 aliphatic carbocycles. The lowest BCUT2D eigenvalue weighted by atomic mass is 10.1. The summed E-state index contributed by atoms with van der Waals surface area (Å²) in [5.41, 5.74) is 2.37. The number of hydrogen-bond acceptors (Lipinski definition) is 2. The predicted molar refractivity (Wildman–Crippen MR) is 75.0 cm³/mol. The summed E-state index contributed by atoms with van der Waals surface area (Å²) >= 11 is 3.47. The second-order valence-electron chi connectivity index (χ2n) is 4.01. The van der Waals surface area contributed by atoms with Crippen molar-refractivity contribution >= 4 is 15.9 Å². The fraction of sp³-hybridized carbons (Fsp3) is 0.571. The Kier molecular flexibility index (Phi) is 7.29. The number of rotatable bonds is 8. The molecule has 3 heteroatoms. The maximum Gasteiger partial charge on any atom is 0.126 e. The van der Waals surface area contributed by atoms with Gasteiger partial charge in [0.2, 0.25) is 0 Å². The van der Waals surface area contributed by atoms with Gasteiger partial charge in [0.25, 0.3) is 0 Å². The summed E-state index contributed by atoms with van der Waals surface area (Å²) in [5, 5.41) is 0.820. The Morgan fingerprint density at radius 3 is 2.71 bits per heavy atom. The van der Waals surface area contributed by atoms with Crippen molar-refractivity contribution in [3.05, 3.63) is 29.3 Å². The second kappa shape index (κ2) is 8.54.